The molecule has 1 aliphatic carbocycles. The van der Waals surface area contributed by atoms with Gasteiger partial charge >= 0.3 is 0 Å². The number of carbonyl (C=O) groups is 1. The highest BCUT2D eigenvalue weighted by Gasteiger charge is 2.29. The molecule has 1 saturated carbocycles. The summed E-state index contributed by atoms with van der Waals surface area (Å²) in [5.74, 6) is 2.31. The summed E-state index contributed by atoms with van der Waals surface area (Å²) in [7, 11) is 3.90. The molecule has 1 N–H and O–H groups in total. The number of nitrogens with one attached hydrogen (secondary N) is 1. The van der Waals surface area contributed by atoms with Crippen molar-refractivity contribution in [2.24, 2.45) is 5.92 Å². The zero-order valence-electron chi connectivity index (χ0n) is 18.1. The highest BCUT2D eigenvalue weighted by molar-refractivity contribution is 5.80. The fraction of sp³-hybridized carbons (Fsp3) is 0.636. The van der Waals surface area contributed by atoms with Gasteiger partial charge in [0, 0.05) is 45.4 Å². The minimum atomic E-state index is -0.250. The molecule has 8 nitrogen and oxygen atoms in total. The van der Waals surface area contributed by atoms with Crippen molar-refractivity contribution >= 4 is 11.9 Å². The molecule has 0 radical (unpaired) electrons. The van der Waals surface area contributed by atoms with Crippen LogP contribution in [0, 0.1) is 12.8 Å². The van der Waals surface area contributed by atoms with Crippen LogP contribution >= 0.6 is 0 Å². The van der Waals surface area contributed by atoms with E-state index < -0.39 is 0 Å². The normalized spacial score (nSPS) is 24.0. The first-order valence-electron chi connectivity index (χ1n) is 10.9. The number of nitrogens with zero attached hydrogens (tertiary/aromatic N) is 4. The molecular weight excluding hydrogens is 382 g/mol. The van der Waals surface area contributed by atoms with Gasteiger partial charge in [0.2, 0.25) is 11.9 Å². The quantitative estimate of drug-likeness (QED) is 0.778. The van der Waals surface area contributed by atoms with E-state index in [2.05, 4.69) is 15.5 Å². The lowest BCUT2D eigenvalue weighted by Gasteiger charge is -2.29. The second-order valence-electron chi connectivity index (χ2n) is 8.66. The molecule has 2 aromatic rings. The van der Waals surface area contributed by atoms with Gasteiger partial charge in [-0.15, -0.1) is 0 Å². The summed E-state index contributed by atoms with van der Waals surface area (Å²) in [6.45, 7) is 3.34. The van der Waals surface area contributed by atoms with Crippen molar-refractivity contribution in [2.45, 2.75) is 57.5 Å². The summed E-state index contributed by atoms with van der Waals surface area (Å²) in [5.41, 5.74) is 2.81. The molecule has 3 heterocycles. The van der Waals surface area contributed by atoms with Crippen LogP contribution in [0.15, 0.2) is 16.8 Å². The molecule has 162 valence electrons. The summed E-state index contributed by atoms with van der Waals surface area (Å²) in [4.78, 5) is 23.5. The lowest BCUT2D eigenvalue weighted by atomic mass is 9.79. The van der Waals surface area contributed by atoms with E-state index in [4.69, 9.17) is 14.2 Å². The van der Waals surface area contributed by atoms with Crippen molar-refractivity contribution in [1.82, 2.24) is 20.4 Å². The number of carbonyl (C=O) groups excluding carboxylic acids is 1. The van der Waals surface area contributed by atoms with Crippen molar-refractivity contribution in [2.75, 3.05) is 32.1 Å². The third-order valence-corrected chi connectivity index (χ3v) is 6.12. The van der Waals surface area contributed by atoms with Crippen LogP contribution in [0.1, 0.15) is 55.8 Å². The molecule has 4 rings (SSSR count). The number of ether oxygens (including phenoxy) is 1. The van der Waals surface area contributed by atoms with E-state index in [-0.39, 0.29) is 12.0 Å². The van der Waals surface area contributed by atoms with Gasteiger partial charge in [0.25, 0.3) is 0 Å². The predicted molar refractivity (Wildman–Crippen MR) is 113 cm³/mol. The Morgan fingerprint density at radius 1 is 1.23 bits per heavy atom. The van der Waals surface area contributed by atoms with Gasteiger partial charge in [-0.05, 0) is 51.4 Å². The van der Waals surface area contributed by atoms with Gasteiger partial charge < -0.3 is 19.5 Å². The van der Waals surface area contributed by atoms with Crippen LogP contribution in [0.2, 0.25) is 0 Å². The lowest BCUT2D eigenvalue weighted by molar-refractivity contribution is -0.130. The first-order chi connectivity index (χ1) is 14.5. The van der Waals surface area contributed by atoms with E-state index in [9.17, 15) is 4.79 Å². The zero-order valence-corrected chi connectivity index (χ0v) is 18.1. The summed E-state index contributed by atoms with van der Waals surface area (Å²) in [6, 6.07) is 1.93. The molecule has 1 aliphatic heterocycles. The average Bonchev–Trinajstić information content (AvgIpc) is 3.44. The zero-order chi connectivity index (χ0) is 21.1. The highest BCUT2D eigenvalue weighted by Crippen LogP contribution is 2.39. The topological polar surface area (TPSA) is 93.4 Å². The van der Waals surface area contributed by atoms with Crippen LogP contribution in [0.4, 0.5) is 5.95 Å². The van der Waals surface area contributed by atoms with Crippen molar-refractivity contribution in [3.8, 4) is 11.3 Å². The largest absolute Gasteiger partial charge is 0.368 e. The Labute approximate surface area is 177 Å². The van der Waals surface area contributed by atoms with Crippen LogP contribution in [-0.2, 0) is 9.53 Å². The molecule has 2 aromatic heterocycles. The predicted octanol–water partition coefficient (Wildman–Crippen LogP) is 3.08. The first kappa shape index (κ1) is 20.8. The number of aromatic nitrogens is 3. The Morgan fingerprint density at radius 3 is 2.67 bits per heavy atom. The molecule has 1 atom stereocenters. The number of aryl methyl sites for hydroxylation is 1. The van der Waals surface area contributed by atoms with Gasteiger partial charge in [0.05, 0.1) is 17.0 Å². The maximum atomic E-state index is 12.2. The molecule has 1 saturated heterocycles. The third kappa shape index (κ3) is 4.64. The van der Waals surface area contributed by atoms with Crippen molar-refractivity contribution in [1.29, 1.82) is 0 Å². The number of hydrogen-bond donors (Lipinski definition) is 1. The highest BCUT2D eigenvalue weighted by atomic mass is 16.5. The van der Waals surface area contributed by atoms with E-state index in [0.717, 1.165) is 67.8 Å². The van der Waals surface area contributed by atoms with Crippen molar-refractivity contribution in [3.63, 3.8) is 0 Å². The smallest absolute Gasteiger partial charge is 0.249 e. The maximum Gasteiger partial charge on any atom is 0.249 e. The van der Waals surface area contributed by atoms with Crippen LogP contribution in [-0.4, -0.2) is 54.4 Å². The molecule has 2 aliphatic rings. The fourth-order valence-corrected chi connectivity index (χ4v) is 4.38. The van der Waals surface area contributed by atoms with Crippen molar-refractivity contribution in [3.05, 3.63) is 23.7 Å². The molecule has 30 heavy (non-hydrogen) atoms. The number of amides is 1. The second kappa shape index (κ2) is 9.12. The summed E-state index contributed by atoms with van der Waals surface area (Å²) < 4.78 is 11.0. The van der Waals surface area contributed by atoms with E-state index >= 15 is 0 Å². The van der Waals surface area contributed by atoms with Crippen LogP contribution in [0.3, 0.4) is 0 Å². The molecule has 1 amide bonds. The summed E-state index contributed by atoms with van der Waals surface area (Å²) >= 11 is 0. The third-order valence-electron chi connectivity index (χ3n) is 6.12. The van der Waals surface area contributed by atoms with Gasteiger partial charge in [0.15, 0.2) is 5.76 Å². The van der Waals surface area contributed by atoms with Gasteiger partial charge in [-0.25, -0.2) is 9.97 Å². The molecule has 0 spiro atoms. The Hall–Kier alpha value is -2.48. The Bertz CT molecular complexity index is 867. The van der Waals surface area contributed by atoms with E-state index in [1.165, 1.54) is 0 Å². The van der Waals surface area contributed by atoms with Gasteiger partial charge in [-0.2, -0.15) is 0 Å². The molecule has 8 heteroatoms. The Balaban J connectivity index is 1.42. The Kier molecular flexibility index (Phi) is 6.32. The summed E-state index contributed by atoms with van der Waals surface area (Å²) in [5, 5.41) is 7.12. The molecule has 0 unspecified atom stereocenters. The minimum Gasteiger partial charge on any atom is -0.368 e. The first-order valence-corrected chi connectivity index (χ1v) is 10.9. The van der Waals surface area contributed by atoms with Crippen LogP contribution < -0.4 is 10.2 Å². The fourth-order valence-electron chi connectivity index (χ4n) is 4.38. The lowest BCUT2D eigenvalue weighted by Crippen LogP contribution is -2.37. The molecular formula is C22H31N5O3. The van der Waals surface area contributed by atoms with E-state index in [0.29, 0.717) is 24.4 Å². The number of rotatable bonds is 6. The van der Waals surface area contributed by atoms with Crippen LogP contribution in [0.5, 0.6) is 0 Å². The molecule has 2 fully saturated rings. The number of anilines is 1. The van der Waals surface area contributed by atoms with Gasteiger partial charge in [-0.3, -0.25) is 4.79 Å². The van der Waals surface area contributed by atoms with Crippen LogP contribution in [0.25, 0.3) is 11.3 Å². The van der Waals surface area contributed by atoms with Gasteiger partial charge in [-0.1, -0.05) is 5.16 Å². The standard InChI is InChI=1S/C22H31N5O3/c1-14-11-19(30-26-14)17-13-24-22(27(2)3)25-20(17)16-8-6-15(7-9-16)12-23-21(28)18-5-4-10-29-18/h11,13,15-16,18H,4-10,12H2,1-3H3,(H,23,28)/t15?,16?,18-/m0/s1. The summed E-state index contributed by atoms with van der Waals surface area (Å²) in [6.07, 6.45) is 7.61. The second-order valence-corrected chi connectivity index (χ2v) is 8.66. The van der Waals surface area contributed by atoms with E-state index in [1.807, 2.05) is 38.2 Å². The maximum absolute atomic E-state index is 12.2. The van der Waals surface area contributed by atoms with E-state index in [1.54, 1.807) is 0 Å². The Morgan fingerprint density at radius 2 is 2.03 bits per heavy atom. The molecule has 0 aromatic carbocycles. The monoisotopic (exact) mass is 413 g/mol. The number of hydrogen-bond acceptors (Lipinski definition) is 7. The van der Waals surface area contributed by atoms with Gasteiger partial charge in [0.1, 0.15) is 6.10 Å². The average molecular weight is 414 g/mol. The van der Waals surface area contributed by atoms with Crippen molar-refractivity contribution < 1.29 is 14.1 Å². The minimum absolute atomic E-state index is 0.0454. The molecule has 0 bridgehead atoms. The SMILES string of the molecule is Cc1cc(-c2cnc(N(C)C)nc2C2CCC(CNC(=O)[C@@H]3CCCO3)CC2)on1.